The third-order valence-electron chi connectivity index (χ3n) is 3.83. The van der Waals surface area contributed by atoms with Gasteiger partial charge in [-0.15, -0.1) is 21.5 Å². The molecule has 2 heterocycles. The van der Waals surface area contributed by atoms with Crippen LogP contribution < -0.4 is 5.32 Å². The molecule has 24 heavy (non-hydrogen) atoms. The molecule has 0 unspecified atom stereocenters. The van der Waals surface area contributed by atoms with E-state index < -0.39 is 0 Å². The number of carbonyl (C=O) groups is 1. The predicted octanol–water partition coefficient (Wildman–Crippen LogP) is 3.05. The molecule has 7 heteroatoms. The van der Waals surface area contributed by atoms with Crippen molar-refractivity contribution >= 4 is 17.2 Å². The van der Waals surface area contributed by atoms with Crippen LogP contribution in [0.25, 0.3) is 10.6 Å². The molecule has 1 atom stereocenters. The fourth-order valence-corrected chi connectivity index (χ4v) is 3.46. The van der Waals surface area contributed by atoms with Crippen molar-refractivity contribution in [1.82, 2.24) is 25.1 Å². The Bertz CT molecular complexity index is 883. The van der Waals surface area contributed by atoms with Crippen LogP contribution in [0.3, 0.4) is 0 Å². The highest BCUT2D eigenvalue weighted by Gasteiger charge is 2.18. The van der Waals surface area contributed by atoms with Crippen LogP contribution in [0.15, 0.2) is 29.9 Å². The van der Waals surface area contributed by atoms with E-state index in [0.29, 0.717) is 11.5 Å². The number of hydrogen-bond donors (Lipinski definition) is 1. The molecule has 3 aromatic rings. The zero-order valence-corrected chi connectivity index (χ0v) is 14.9. The molecule has 1 amide bonds. The number of nitrogens with one attached hydrogen (secondary N) is 1. The molecular formula is C17H19N5OS. The van der Waals surface area contributed by atoms with Crippen LogP contribution in [0.4, 0.5) is 0 Å². The summed E-state index contributed by atoms with van der Waals surface area (Å²) < 4.78 is 1.78. The average molecular weight is 341 g/mol. The van der Waals surface area contributed by atoms with Crippen LogP contribution in [-0.2, 0) is 7.05 Å². The van der Waals surface area contributed by atoms with E-state index in [1.165, 1.54) is 16.9 Å². The van der Waals surface area contributed by atoms with E-state index in [-0.39, 0.29) is 11.9 Å². The van der Waals surface area contributed by atoms with Gasteiger partial charge in [0.15, 0.2) is 5.82 Å². The van der Waals surface area contributed by atoms with Gasteiger partial charge in [-0.25, -0.2) is 4.98 Å². The number of aromatic nitrogens is 4. The average Bonchev–Trinajstić information content (AvgIpc) is 3.16. The van der Waals surface area contributed by atoms with Gasteiger partial charge in [-0.05, 0) is 26.3 Å². The summed E-state index contributed by atoms with van der Waals surface area (Å²) in [6, 6.07) is 5.98. The summed E-state index contributed by atoms with van der Waals surface area (Å²) in [5.74, 6) is 0.492. The van der Waals surface area contributed by atoms with Gasteiger partial charge >= 0.3 is 0 Å². The van der Waals surface area contributed by atoms with E-state index in [4.69, 9.17) is 0 Å². The van der Waals surface area contributed by atoms with Crippen LogP contribution in [-0.4, -0.2) is 25.7 Å². The van der Waals surface area contributed by atoms with Gasteiger partial charge in [-0.3, -0.25) is 4.79 Å². The molecular weight excluding hydrogens is 322 g/mol. The molecule has 3 rings (SSSR count). The van der Waals surface area contributed by atoms with E-state index in [1.54, 1.807) is 16.3 Å². The Morgan fingerprint density at radius 2 is 2.12 bits per heavy atom. The van der Waals surface area contributed by atoms with Gasteiger partial charge < -0.3 is 9.88 Å². The summed E-state index contributed by atoms with van der Waals surface area (Å²) in [7, 11) is 1.85. The van der Waals surface area contributed by atoms with Gasteiger partial charge in [-0.1, -0.05) is 23.8 Å². The first-order chi connectivity index (χ1) is 11.5. The maximum Gasteiger partial charge on any atom is 0.271 e. The summed E-state index contributed by atoms with van der Waals surface area (Å²) in [5, 5.41) is 13.4. The number of carbonyl (C=O) groups excluding carboxylic acids is 1. The lowest BCUT2D eigenvalue weighted by atomic mass is 10.1. The van der Waals surface area contributed by atoms with Crippen LogP contribution >= 0.6 is 11.3 Å². The summed E-state index contributed by atoms with van der Waals surface area (Å²) in [5.41, 5.74) is 3.85. The first kappa shape index (κ1) is 16.3. The summed E-state index contributed by atoms with van der Waals surface area (Å²) >= 11 is 1.47. The van der Waals surface area contributed by atoms with Crippen LogP contribution in [0.1, 0.15) is 40.4 Å². The molecule has 124 valence electrons. The highest BCUT2D eigenvalue weighted by atomic mass is 32.1. The lowest BCUT2D eigenvalue weighted by Gasteiger charge is -2.11. The Balaban J connectivity index is 1.77. The lowest BCUT2D eigenvalue weighted by Crippen LogP contribution is -2.28. The highest BCUT2D eigenvalue weighted by molar-refractivity contribution is 7.13. The molecule has 0 aliphatic heterocycles. The number of amides is 1. The normalized spacial score (nSPS) is 12.2. The Kier molecular flexibility index (Phi) is 4.44. The highest BCUT2D eigenvalue weighted by Crippen LogP contribution is 2.27. The standard InChI is InChI=1S/C17H19N5OS/c1-10-5-6-13(11(2)7-10)17-20-14(8-24-17)16(23)19-12(3)15-21-18-9-22(15)4/h5-9,12H,1-4H3,(H,19,23)/t12-/m0/s1. The molecule has 0 saturated heterocycles. The second kappa shape index (κ2) is 6.52. The molecule has 0 aliphatic carbocycles. The van der Waals surface area contributed by atoms with Crippen molar-refractivity contribution in [2.75, 3.05) is 0 Å². The van der Waals surface area contributed by atoms with Gasteiger partial charge in [0.1, 0.15) is 17.0 Å². The molecule has 0 spiro atoms. The second-order valence-corrected chi connectivity index (χ2v) is 6.71. The van der Waals surface area contributed by atoms with Crippen molar-refractivity contribution < 1.29 is 4.79 Å². The van der Waals surface area contributed by atoms with Crippen LogP contribution in [0.2, 0.25) is 0 Å². The minimum Gasteiger partial charge on any atom is -0.341 e. The molecule has 0 aliphatic rings. The number of rotatable bonds is 4. The Morgan fingerprint density at radius 3 is 2.79 bits per heavy atom. The summed E-state index contributed by atoms with van der Waals surface area (Å²) in [6.07, 6.45) is 1.61. The minimum absolute atomic E-state index is 0.210. The second-order valence-electron chi connectivity index (χ2n) is 5.85. The maximum atomic E-state index is 12.4. The van der Waals surface area contributed by atoms with E-state index >= 15 is 0 Å². The van der Waals surface area contributed by atoms with Gasteiger partial charge in [-0.2, -0.15) is 0 Å². The number of aryl methyl sites for hydroxylation is 3. The zero-order valence-electron chi connectivity index (χ0n) is 14.1. The van der Waals surface area contributed by atoms with Gasteiger partial charge in [0.25, 0.3) is 5.91 Å². The zero-order chi connectivity index (χ0) is 17.3. The van der Waals surface area contributed by atoms with Gasteiger partial charge in [0, 0.05) is 18.0 Å². The van der Waals surface area contributed by atoms with E-state index in [1.807, 2.05) is 20.0 Å². The molecule has 0 bridgehead atoms. The third-order valence-corrected chi connectivity index (χ3v) is 4.71. The van der Waals surface area contributed by atoms with Crippen molar-refractivity contribution in [2.24, 2.45) is 7.05 Å². The van der Waals surface area contributed by atoms with Crippen LogP contribution in [0.5, 0.6) is 0 Å². The fraction of sp³-hybridized carbons (Fsp3) is 0.294. The van der Waals surface area contributed by atoms with E-state index in [9.17, 15) is 4.79 Å². The molecule has 0 radical (unpaired) electrons. The Morgan fingerprint density at radius 1 is 1.33 bits per heavy atom. The number of nitrogens with zero attached hydrogens (tertiary/aromatic N) is 4. The monoisotopic (exact) mass is 341 g/mol. The molecule has 0 saturated carbocycles. The number of thiazole rings is 1. The van der Waals surface area contributed by atoms with Crippen molar-refractivity contribution in [3.63, 3.8) is 0 Å². The fourth-order valence-electron chi connectivity index (χ4n) is 2.57. The maximum absolute atomic E-state index is 12.4. The molecule has 6 nitrogen and oxygen atoms in total. The predicted molar refractivity (Wildman–Crippen MR) is 93.9 cm³/mol. The largest absolute Gasteiger partial charge is 0.341 e. The van der Waals surface area contributed by atoms with Crippen LogP contribution in [0, 0.1) is 13.8 Å². The molecule has 1 N–H and O–H groups in total. The minimum atomic E-state index is -0.240. The van der Waals surface area contributed by atoms with Crippen molar-refractivity contribution in [3.05, 3.63) is 52.6 Å². The number of benzene rings is 1. The first-order valence-electron chi connectivity index (χ1n) is 7.63. The van der Waals surface area contributed by atoms with E-state index in [0.717, 1.165) is 16.1 Å². The Hall–Kier alpha value is -2.54. The first-order valence-corrected chi connectivity index (χ1v) is 8.51. The molecule has 2 aromatic heterocycles. The summed E-state index contributed by atoms with van der Waals surface area (Å²) in [6.45, 7) is 5.99. The van der Waals surface area contributed by atoms with Crippen molar-refractivity contribution in [1.29, 1.82) is 0 Å². The number of hydrogen-bond acceptors (Lipinski definition) is 5. The lowest BCUT2D eigenvalue weighted by molar-refractivity contribution is 0.0933. The molecule has 1 aromatic carbocycles. The van der Waals surface area contributed by atoms with E-state index in [2.05, 4.69) is 46.5 Å². The Labute approximate surface area is 144 Å². The molecule has 0 fully saturated rings. The summed E-state index contributed by atoms with van der Waals surface area (Å²) in [4.78, 5) is 16.9. The van der Waals surface area contributed by atoms with Crippen molar-refractivity contribution in [3.8, 4) is 10.6 Å². The SMILES string of the molecule is Cc1ccc(-c2nc(C(=O)N[C@@H](C)c3nncn3C)cs2)c(C)c1. The van der Waals surface area contributed by atoms with Gasteiger partial charge in [0.05, 0.1) is 6.04 Å². The van der Waals surface area contributed by atoms with Gasteiger partial charge in [0.2, 0.25) is 0 Å². The third kappa shape index (κ3) is 3.21. The van der Waals surface area contributed by atoms with Crippen molar-refractivity contribution in [2.45, 2.75) is 26.8 Å². The quantitative estimate of drug-likeness (QED) is 0.791. The smallest absolute Gasteiger partial charge is 0.271 e. The topological polar surface area (TPSA) is 72.7 Å².